The third kappa shape index (κ3) is 5.41. The summed E-state index contributed by atoms with van der Waals surface area (Å²) in [6.07, 6.45) is 0. The molecule has 4 rings (SSSR count). The molecule has 0 saturated carbocycles. The van der Waals surface area contributed by atoms with E-state index in [0.29, 0.717) is 28.6 Å². The van der Waals surface area contributed by atoms with Crippen LogP contribution < -0.4 is 14.8 Å². The predicted octanol–water partition coefficient (Wildman–Crippen LogP) is 4.67. The molecule has 1 aliphatic rings. The highest BCUT2D eigenvalue weighted by molar-refractivity contribution is 6.30. The van der Waals surface area contributed by atoms with Gasteiger partial charge < -0.3 is 19.7 Å². The van der Waals surface area contributed by atoms with Crippen molar-refractivity contribution in [3.63, 3.8) is 0 Å². The Hall–Kier alpha value is -3.58. The first-order valence-corrected chi connectivity index (χ1v) is 11.6. The van der Waals surface area contributed by atoms with E-state index in [0.717, 1.165) is 11.1 Å². The Morgan fingerprint density at radius 1 is 1.03 bits per heavy atom. The fraction of sp³-hybridized carbons (Fsp3) is 0.259. The summed E-state index contributed by atoms with van der Waals surface area (Å²) in [5.74, 6) is -0.505. The number of halogens is 2. The van der Waals surface area contributed by atoms with Crippen LogP contribution >= 0.6 is 11.6 Å². The van der Waals surface area contributed by atoms with Gasteiger partial charge in [0.05, 0.1) is 20.1 Å². The summed E-state index contributed by atoms with van der Waals surface area (Å²) in [5.41, 5.74) is 2.02. The highest BCUT2D eigenvalue weighted by Gasteiger charge is 2.42. The highest BCUT2D eigenvalue weighted by Crippen LogP contribution is 2.42. The molecule has 1 fully saturated rings. The first kappa shape index (κ1) is 24.5. The van der Waals surface area contributed by atoms with Gasteiger partial charge in [-0.25, -0.2) is 4.39 Å². The second-order valence-corrected chi connectivity index (χ2v) is 8.80. The van der Waals surface area contributed by atoms with Gasteiger partial charge in [0.2, 0.25) is 5.91 Å². The van der Waals surface area contributed by atoms with Crippen molar-refractivity contribution in [2.24, 2.45) is 5.92 Å². The third-order valence-corrected chi connectivity index (χ3v) is 6.46. The van der Waals surface area contributed by atoms with Gasteiger partial charge in [0.1, 0.15) is 5.82 Å². The van der Waals surface area contributed by atoms with Crippen molar-refractivity contribution in [1.29, 1.82) is 0 Å². The number of likely N-dealkylation sites (tertiary alicyclic amines) is 1. The molecule has 6 nitrogen and oxygen atoms in total. The molecule has 0 aromatic heterocycles. The van der Waals surface area contributed by atoms with Crippen molar-refractivity contribution >= 4 is 23.4 Å². The van der Waals surface area contributed by atoms with Gasteiger partial charge in [-0.2, -0.15) is 0 Å². The van der Waals surface area contributed by atoms with Gasteiger partial charge in [-0.15, -0.1) is 0 Å². The molecule has 182 valence electrons. The normalized spacial score (nSPS) is 17.2. The van der Waals surface area contributed by atoms with Gasteiger partial charge in [0, 0.05) is 41.7 Å². The van der Waals surface area contributed by atoms with Crippen LogP contribution in [0.15, 0.2) is 66.7 Å². The monoisotopic (exact) mass is 496 g/mol. The maximum atomic E-state index is 13.4. The average Bonchev–Trinajstić information content (AvgIpc) is 3.32. The van der Waals surface area contributed by atoms with E-state index >= 15 is 0 Å². The van der Waals surface area contributed by atoms with Crippen LogP contribution in [0.25, 0.3) is 0 Å². The maximum absolute atomic E-state index is 13.4. The van der Waals surface area contributed by atoms with Crippen LogP contribution in [0.2, 0.25) is 5.02 Å². The lowest BCUT2D eigenvalue weighted by Crippen LogP contribution is -2.35. The first-order chi connectivity index (χ1) is 16.9. The number of nitrogens with zero attached hydrogens (tertiary/aromatic N) is 1. The molecular formula is C27H26ClFN2O4. The summed E-state index contributed by atoms with van der Waals surface area (Å²) in [7, 11) is 3.10. The van der Waals surface area contributed by atoms with Gasteiger partial charge in [-0.05, 0) is 42.0 Å². The van der Waals surface area contributed by atoms with Crippen molar-refractivity contribution in [2.45, 2.75) is 12.5 Å². The number of rotatable bonds is 7. The molecule has 0 bridgehead atoms. The zero-order valence-electron chi connectivity index (χ0n) is 19.5. The number of hydrogen-bond acceptors (Lipinski definition) is 4. The standard InChI is InChI=1S/C27H26ClFN2O4/c1-34-24-8-4-7-21(25(24)35-2)22-15-31(27(33)18-5-3-6-19(28)13-18)16-23(22)26(32)30-14-17-9-11-20(29)12-10-17/h3-13,22-23H,14-16H2,1-2H3,(H,30,32)/t22-,23+/m0/s1. The summed E-state index contributed by atoms with van der Waals surface area (Å²) in [5, 5.41) is 3.41. The van der Waals surface area contributed by atoms with E-state index in [4.69, 9.17) is 21.1 Å². The van der Waals surface area contributed by atoms with Gasteiger partial charge >= 0.3 is 0 Å². The van der Waals surface area contributed by atoms with Crippen LogP contribution in [0, 0.1) is 11.7 Å². The van der Waals surface area contributed by atoms with Crippen molar-refractivity contribution in [2.75, 3.05) is 27.3 Å². The van der Waals surface area contributed by atoms with Gasteiger partial charge in [0.15, 0.2) is 11.5 Å². The van der Waals surface area contributed by atoms with E-state index in [1.54, 1.807) is 61.6 Å². The van der Waals surface area contributed by atoms with Crippen LogP contribution in [0.3, 0.4) is 0 Å². The van der Waals surface area contributed by atoms with Crippen LogP contribution in [0.1, 0.15) is 27.4 Å². The Morgan fingerprint density at radius 3 is 2.46 bits per heavy atom. The van der Waals surface area contributed by atoms with E-state index in [2.05, 4.69) is 5.32 Å². The van der Waals surface area contributed by atoms with Crippen LogP contribution in [-0.2, 0) is 11.3 Å². The largest absolute Gasteiger partial charge is 0.493 e. The SMILES string of the molecule is COc1cccc([C@@H]2CN(C(=O)c3cccc(Cl)c3)C[C@H]2C(=O)NCc2ccc(F)cc2)c1OC. The van der Waals surface area contributed by atoms with Gasteiger partial charge in [-0.1, -0.05) is 41.9 Å². The quantitative estimate of drug-likeness (QED) is 0.516. The molecule has 0 spiro atoms. The van der Waals surface area contributed by atoms with E-state index in [-0.39, 0.29) is 36.6 Å². The number of hydrogen-bond donors (Lipinski definition) is 1. The Bertz CT molecular complexity index is 1220. The molecule has 3 aromatic rings. The fourth-order valence-electron chi connectivity index (χ4n) is 4.48. The lowest BCUT2D eigenvalue weighted by molar-refractivity contribution is -0.125. The third-order valence-electron chi connectivity index (χ3n) is 6.23. The molecule has 2 atom stereocenters. The molecule has 1 heterocycles. The minimum Gasteiger partial charge on any atom is -0.493 e. The number of ether oxygens (including phenoxy) is 2. The van der Waals surface area contributed by atoms with Crippen LogP contribution in [0.5, 0.6) is 11.5 Å². The Balaban J connectivity index is 1.62. The van der Waals surface area contributed by atoms with Crippen LogP contribution in [-0.4, -0.2) is 44.0 Å². The van der Waals surface area contributed by atoms with E-state index in [1.807, 2.05) is 12.1 Å². The number of amides is 2. The van der Waals surface area contributed by atoms with Gasteiger partial charge in [0.25, 0.3) is 5.91 Å². The number of carbonyl (C=O) groups excluding carboxylic acids is 2. The Labute approximate surface area is 208 Å². The zero-order valence-corrected chi connectivity index (χ0v) is 20.2. The topological polar surface area (TPSA) is 67.9 Å². The summed E-state index contributed by atoms with van der Waals surface area (Å²) >= 11 is 6.09. The molecule has 35 heavy (non-hydrogen) atoms. The van der Waals surface area contributed by atoms with E-state index < -0.39 is 5.92 Å². The fourth-order valence-corrected chi connectivity index (χ4v) is 4.67. The molecule has 0 unspecified atom stereocenters. The molecular weight excluding hydrogens is 471 g/mol. The molecule has 0 aliphatic carbocycles. The zero-order chi connectivity index (χ0) is 24.9. The molecule has 0 radical (unpaired) electrons. The number of benzene rings is 3. The summed E-state index contributed by atoms with van der Waals surface area (Å²) < 4.78 is 24.3. The summed E-state index contributed by atoms with van der Waals surface area (Å²) in [4.78, 5) is 28.3. The number of carbonyl (C=O) groups is 2. The van der Waals surface area contributed by atoms with E-state index in [1.165, 1.54) is 12.1 Å². The lowest BCUT2D eigenvalue weighted by Gasteiger charge is -2.21. The molecule has 1 N–H and O–H groups in total. The summed E-state index contributed by atoms with van der Waals surface area (Å²) in [6.45, 7) is 0.801. The average molecular weight is 497 g/mol. The molecule has 8 heteroatoms. The smallest absolute Gasteiger partial charge is 0.253 e. The molecule has 2 amide bonds. The first-order valence-electron chi connectivity index (χ1n) is 11.2. The number of para-hydroxylation sites is 1. The number of methoxy groups -OCH3 is 2. The molecule has 3 aromatic carbocycles. The number of nitrogens with one attached hydrogen (secondary N) is 1. The van der Waals surface area contributed by atoms with Crippen molar-refractivity contribution in [3.05, 3.63) is 94.3 Å². The molecule has 1 saturated heterocycles. The Kier molecular flexibility index (Phi) is 7.56. The predicted molar refractivity (Wildman–Crippen MR) is 131 cm³/mol. The Morgan fingerprint density at radius 2 is 1.77 bits per heavy atom. The van der Waals surface area contributed by atoms with Crippen LogP contribution in [0.4, 0.5) is 4.39 Å². The highest BCUT2D eigenvalue weighted by atomic mass is 35.5. The minimum absolute atomic E-state index is 0.201. The summed E-state index contributed by atoms with van der Waals surface area (Å²) in [6, 6.07) is 18.2. The van der Waals surface area contributed by atoms with Crippen molar-refractivity contribution in [1.82, 2.24) is 10.2 Å². The van der Waals surface area contributed by atoms with Gasteiger partial charge in [-0.3, -0.25) is 9.59 Å². The molecule has 1 aliphatic heterocycles. The van der Waals surface area contributed by atoms with Crippen molar-refractivity contribution < 1.29 is 23.5 Å². The minimum atomic E-state index is -0.528. The second kappa shape index (κ2) is 10.8. The second-order valence-electron chi connectivity index (χ2n) is 8.36. The van der Waals surface area contributed by atoms with Crippen molar-refractivity contribution in [3.8, 4) is 11.5 Å². The lowest BCUT2D eigenvalue weighted by atomic mass is 9.87. The maximum Gasteiger partial charge on any atom is 0.253 e. The van der Waals surface area contributed by atoms with E-state index in [9.17, 15) is 14.0 Å².